The van der Waals surface area contributed by atoms with E-state index in [1.165, 1.54) is 19.3 Å². The van der Waals surface area contributed by atoms with Gasteiger partial charge >= 0.3 is 5.97 Å². The molecule has 0 spiro atoms. The first-order valence-corrected chi connectivity index (χ1v) is 9.50. The molecule has 0 saturated heterocycles. The molecule has 3 aliphatic carbocycles. The maximum Gasteiger partial charge on any atom is 0.311 e. The Labute approximate surface area is 126 Å². The van der Waals surface area contributed by atoms with Crippen molar-refractivity contribution in [3.05, 3.63) is 0 Å². The topological polar surface area (TPSA) is 80.7 Å². The molecule has 1 N–H and O–H groups in total. The monoisotopic (exact) mass is 316 g/mol. The van der Waals surface area contributed by atoms with Crippen molar-refractivity contribution in [1.29, 1.82) is 0 Å². The van der Waals surface area contributed by atoms with E-state index >= 15 is 0 Å². The van der Waals surface area contributed by atoms with Gasteiger partial charge in [0.15, 0.2) is 0 Å². The van der Waals surface area contributed by atoms with E-state index in [0.717, 1.165) is 24.7 Å². The predicted molar refractivity (Wildman–Crippen MR) is 77.1 cm³/mol. The predicted octanol–water partition coefficient (Wildman–Crippen LogP) is 2.27. The molecule has 5 unspecified atom stereocenters. The lowest BCUT2D eigenvalue weighted by Gasteiger charge is -2.44. The third kappa shape index (κ3) is 3.11. The molecule has 6 heteroatoms. The number of hydrogen-bond acceptors (Lipinski definition) is 4. The average Bonchev–Trinajstić information content (AvgIpc) is 2.60. The molecule has 0 aromatic carbocycles. The zero-order chi connectivity index (χ0) is 15.3. The van der Waals surface area contributed by atoms with Crippen LogP contribution in [0.15, 0.2) is 0 Å². The lowest BCUT2D eigenvalue weighted by Crippen LogP contribution is -2.40. The summed E-state index contributed by atoms with van der Waals surface area (Å²) in [7, 11) is -3.97. The summed E-state index contributed by atoms with van der Waals surface area (Å²) in [6.45, 7) is 2.07. The van der Waals surface area contributed by atoms with Gasteiger partial charge in [-0.15, -0.1) is 0 Å². The van der Waals surface area contributed by atoms with Crippen LogP contribution in [-0.2, 0) is 19.6 Å². The minimum Gasteiger partial charge on any atom is -0.465 e. The van der Waals surface area contributed by atoms with Crippen LogP contribution < -0.4 is 0 Å². The largest absolute Gasteiger partial charge is 0.465 e. The van der Waals surface area contributed by atoms with Crippen LogP contribution in [-0.4, -0.2) is 31.3 Å². The summed E-state index contributed by atoms with van der Waals surface area (Å²) in [4.78, 5) is 12.4. The molecule has 2 bridgehead atoms. The molecule has 0 amide bonds. The second-order valence-corrected chi connectivity index (χ2v) is 9.07. The Morgan fingerprint density at radius 1 is 1.24 bits per heavy atom. The summed E-state index contributed by atoms with van der Waals surface area (Å²) >= 11 is 0. The molecule has 120 valence electrons. The first-order valence-electron chi connectivity index (χ1n) is 7.89. The maximum absolute atomic E-state index is 12.4. The van der Waals surface area contributed by atoms with Crippen LogP contribution >= 0.6 is 0 Å². The second kappa shape index (κ2) is 5.23. The van der Waals surface area contributed by atoms with E-state index in [1.54, 1.807) is 0 Å². The molecule has 3 rings (SSSR count). The van der Waals surface area contributed by atoms with Gasteiger partial charge in [0, 0.05) is 0 Å². The van der Waals surface area contributed by atoms with Gasteiger partial charge in [0.05, 0.1) is 17.8 Å². The van der Waals surface area contributed by atoms with Crippen LogP contribution in [0.5, 0.6) is 0 Å². The highest BCUT2D eigenvalue weighted by molar-refractivity contribution is 7.85. The number of fused-ring (bicyclic) bond motifs is 1. The number of ether oxygens (including phenoxy) is 1. The molecule has 3 fully saturated rings. The molecular weight excluding hydrogens is 292 g/mol. The van der Waals surface area contributed by atoms with Crippen LogP contribution in [0.1, 0.15) is 45.4 Å². The van der Waals surface area contributed by atoms with Gasteiger partial charge in [-0.2, -0.15) is 8.42 Å². The highest BCUT2D eigenvalue weighted by atomic mass is 32.2. The average molecular weight is 316 g/mol. The SMILES string of the molecule is CC1(C(=O)OCCCS(=O)(=O)O)CC2CC3CC(C1)C3C2. The van der Waals surface area contributed by atoms with Crippen LogP contribution in [0.25, 0.3) is 0 Å². The molecule has 0 aromatic heterocycles. The molecule has 0 aromatic rings. The molecule has 0 radical (unpaired) electrons. The Bertz CT molecular complexity index is 522. The van der Waals surface area contributed by atoms with Gasteiger partial charge in [0.1, 0.15) is 0 Å². The van der Waals surface area contributed by atoms with Gasteiger partial charge in [0.2, 0.25) is 0 Å². The quantitative estimate of drug-likeness (QED) is 0.478. The summed E-state index contributed by atoms with van der Waals surface area (Å²) in [5.41, 5.74) is -0.409. The van der Waals surface area contributed by atoms with Crippen molar-refractivity contribution in [2.24, 2.45) is 29.1 Å². The van der Waals surface area contributed by atoms with Gasteiger partial charge in [0.25, 0.3) is 10.1 Å². The highest BCUT2D eigenvalue weighted by Crippen LogP contribution is 2.62. The second-order valence-electron chi connectivity index (χ2n) is 7.50. The van der Waals surface area contributed by atoms with Gasteiger partial charge in [-0.25, -0.2) is 0 Å². The van der Waals surface area contributed by atoms with Crippen molar-refractivity contribution >= 4 is 16.1 Å². The highest BCUT2D eigenvalue weighted by Gasteiger charge is 2.55. The van der Waals surface area contributed by atoms with Crippen molar-refractivity contribution in [2.75, 3.05) is 12.4 Å². The summed E-state index contributed by atoms with van der Waals surface area (Å²) in [6, 6.07) is 0. The minimum absolute atomic E-state index is 0.0651. The van der Waals surface area contributed by atoms with Gasteiger partial charge in [-0.05, 0) is 69.1 Å². The van der Waals surface area contributed by atoms with E-state index in [1.807, 2.05) is 6.92 Å². The Morgan fingerprint density at radius 2 is 2.00 bits per heavy atom. The van der Waals surface area contributed by atoms with Gasteiger partial charge in [-0.1, -0.05) is 0 Å². The fraction of sp³-hybridized carbons (Fsp3) is 0.933. The lowest BCUT2D eigenvalue weighted by molar-refractivity contribution is -0.158. The molecule has 0 aliphatic heterocycles. The summed E-state index contributed by atoms with van der Waals surface area (Å²) < 4.78 is 35.2. The van der Waals surface area contributed by atoms with Crippen LogP contribution in [0.2, 0.25) is 0 Å². The maximum atomic E-state index is 12.4. The first-order chi connectivity index (χ1) is 9.77. The van der Waals surface area contributed by atoms with E-state index in [0.29, 0.717) is 11.8 Å². The Hall–Kier alpha value is -0.620. The number of rotatable bonds is 5. The first kappa shape index (κ1) is 15.3. The van der Waals surface area contributed by atoms with E-state index < -0.39 is 15.5 Å². The van der Waals surface area contributed by atoms with Crippen LogP contribution in [0.3, 0.4) is 0 Å². The molecule has 21 heavy (non-hydrogen) atoms. The van der Waals surface area contributed by atoms with E-state index in [-0.39, 0.29) is 24.7 Å². The van der Waals surface area contributed by atoms with Crippen molar-refractivity contribution in [3.8, 4) is 0 Å². The fourth-order valence-electron chi connectivity index (χ4n) is 4.94. The Kier molecular flexibility index (Phi) is 3.81. The van der Waals surface area contributed by atoms with Crippen molar-refractivity contribution in [3.63, 3.8) is 0 Å². The standard InChI is InChI=1S/C15H24O5S/c1-15(14(16)20-3-2-4-21(17,18)19)8-10-5-11-7-12(9-15)13(11)6-10/h10-13H,2-9H2,1H3,(H,17,18,19). The third-order valence-corrected chi connectivity index (χ3v) is 6.59. The van der Waals surface area contributed by atoms with Gasteiger partial charge < -0.3 is 4.74 Å². The minimum atomic E-state index is -3.97. The number of carbonyl (C=O) groups is 1. The molecular formula is C15H24O5S. The van der Waals surface area contributed by atoms with Crippen molar-refractivity contribution in [1.82, 2.24) is 0 Å². The van der Waals surface area contributed by atoms with E-state index in [9.17, 15) is 13.2 Å². The fourth-order valence-corrected chi connectivity index (χ4v) is 5.42. The smallest absolute Gasteiger partial charge is 0.311 e. The summed E-state index contributed by atoms with van der Waals surface area (Å²) in [5, 5.41) is 0. The number of carbonyl (C=O) groups excluding carboxylic acids is 1. The van der Waals surface area contributed by atoms with E-state index in [2.05, 4.69) is 0 Å². The summed E-state index contributed by atoms with van der Waals surface area (Å²) in [5.74, 6) is 2.54. The number of hydrogen-bond donors (Lipinski definition) is 1. The van der Waals surface area contributed by atoms with Crippen molar-refractivity contribution < 1.29 is 22.5 Å². The Morgan fingerprint density at radius 3 is 2.71 bits per heavy atom. The van der Waals surface area contributed by atoms with Crippen molar-refractivity contribution in [2.45, 2.75) is 45.4 Å². The lowest BCUT2D eigenvalue weighted by atomic mass is 9.60. The molecule has 0 heterocycles. The molecule has 5 nitrogen and oxygen atoms in total. The number of esters is 1. The zero-order valence-corrected chi connectivity index (χ0v) is 13.3. The van der Waals surface area contributed by atoms with Crippen LogP contribution in [0.4, 0.5) is 0 Å². The third-order valence-electron chi connectivity index (χ3n) is 5.78. The van der Waals surface area contributed by atoms with Crippen LogP contribution in [0, 0.1) is 29.1 Å². The van der Waals surface area contributed by atoms with E-state index in [4.69, 9.17) is 9.29 Å². The normalized spacial score (nSPS) is 41.2. The molecule has 5 atom stereocenters. The molecule has 3 aliphatic rings. The van der Waals surface area contributed by atoms with Gasteiger partial charge in [-0.3, -0.25) is 9.35 Å². The summed E-state index contributed by atoms with van der Waals surface area (Å²) in [6.07, 6.45) is 5.80. The zero-order valence-electron chi connectivity index (χ0n) is 12.5. The Balaban J connectivity index is 1.54. The molecule has 3 saturated carbocycles.